The summed E-state index contributed by atoms with van der Waals surface area (Å²) in [6.45, 7) is 5.59. The lowest BCUT2D eigenvalue weighted by Crippen LogP contribution is -2.45. The molecule has 0 aromatic carbocycles. The van der Waals surface area contributed by atoms with Crippen LogP contribution in [0, 0.1) is 0 Å². The Labute approximate surface area is 212 Å². The van der Waals surface area contributed by atoms with Gasteiger partial charge in [-0.1, -0.05) is 14.3 Å². The molecule has 0 bridgehead atoms. The molecule has 1 aliphatic heterocycles. The Morgan fingerprint density at radius 2 is 0.897 bits per heavy atom. The van der Waals surface area contributed by atoms with Crippen molar-refractivity contribution in [3.8, 4) is 0 Å². The molecule has 39 heavy (non-hydrogen) atoms. The van der Waals surface area contributed by atoms with E-state index in [4.69, 9.17) is 0 Å². The summed E-state index contributed by atoms with van der Waals surface area (Å²) >= 11 is 0. The predicted octanol–water partition coefficient (Wildman–Crippen LogP) is 1.40. The number of hydrogen-bond donors (Lipinski definition) is 2. The van der Waals surface area contributed by atoms with Gasteiger partial charge in [0, 0.05) is 26.0 Å². The first-order valence-electron chi connectivity index (χ1n) is 8.30. The van der Waals surface area contributed by atoms with Gasteiger partial charge in [0.2, 0.25) is 0 Å². The van der Waals surface area contributed by atoms with Gasteiger partial charge < -0.3 is 9.80 Å². The maximum atomic E-state index is 11.5. The van der Waals surface area contributed by atoms with E-state index >= 15 is 0 Å². The van der Waals surface area contributed by atoms with Gasteiger partial charge in [0.1, 0.15) is 0 Å². The zero-order valence-electron chi connectivity index (χ0n) is 18.2. The third-order valence-electron chi connectivity index (χ3n) is 2.96. The Balaban J connectivity index is 0. The number of nitrogens with one attached hydrogen (secondary N) is 2. The summed E-state index contributed by atoms with van der Waals surface area (Å²) in [5.74, 6) is 0. The van der Waals surface area contributed by atoms with Gasteiger partial charge in [0.15, 0.2) is 0 Å². The fourth-order valence-electron chi connectivity index (χ4n) is 1.35. The highest BCUT2D eigenvalue weighted by atomic mass is 32.3. The zero-order chi connectivity index (χ0) is 32.1. The minimum atomic E-state index is -6.60. The van der Waals surface area contributed by atoms with Crippen LogP contribution in [0.25, 0.3) is 0 Å². The molecule has 28 heteroatoms. The van der Waals surface area contributed by atoms with Gasteiger partial charge in [0.05, 0.1) is 6.67 Å². The summed E-state index contributed by atoms with van der Waals surface area (Å²) in [4.78, 5) is 4.32. The molecule has 0 radical (unpaired) electrons. The quantitative estimate of drug-likeness (QED) is 0.308. The highest BCUT2D eigenvalue weighted by molar-refractivity contribution is 8.06. The van der Waals surface area contributed by atoms with Crippen molar-refractivity contribution in [3.63, 3.8) is 0 Å². The van der Waals surface area contributed by atoms with Crippen molar-refractivity contribution in [1.82, 2.24) is 18.1 Å². The number of alkyl halides is 12. The van der Waals surface area contributed by atoms with Crippen LogP contribution in [0.15, 0.2) is 25.1 Å². The molecular formula is C11H14F12N4O8S4. The summed E-state index contributed by atoms with van der Waals surface area (Å²) in [7, 11) is -24.3. The molecule has 1 rings (SSSR count). The molecule has 0 amide bonds. The first kappa shape index (κ1) is 39.1. The Hall–Kier alpha value is -2.04. The second-order valence-electron chi connectivity index (χ2n) is 6.22. The molecule has 0 aliphatic carbocycles. The summed E-state index contributed by atoms with van der Waals surface area (Å²) in [6.07, 6.45) is 6.04. The number of sulfonamides is 4. The van der Waals surface area contributed by atoms with Crippen molar-refractivity contribution in [3.05, 3.63) is 25.1 Å². The molecule has 12 nitrogen and oxygen atoms in total. The third kappa shape index (κ3) is 12.3. The molecule has 1 heterocycles. The van der Waals surface area contributed by atoms with Crippen molar-refractivity contribution >= 4 is 40.1 Å². The average Bonchev–Trinajstić information content (AvgIpc) is 3.02. The van der Waals surface area contributed by atoms with Crippen LogP contribution < -0.4 is 8.25 Å². The minimum absolute atomic E-state index is 0.493. The Kier molecular flexibility index (Phi) is 12.7. The molecule has 2 N–H and O–H groups in total. The van der Waals surface area contributed by atoms with Gasteiger partial charge >= 0.3 is 62.1 Å². The fraction of sp³-hybridized carbons (Fsp3) is 0.636. The normalized spacial score (nSPS) is 15.7. The van der Waals surface area contributed by atoms with Crippen molar-refractivity contribution in [2.45, 2.75) is 22.0 Å². The van der Waals surface area contributed by atoms with Gasteiger partial charge in [-0.2, -0.15) is 52.7 Å². The van der Waals surface area contributed by atoms with Crippen LogP contribution in [0.1, 0.15) is 0 Å². The van der Waals surface area contributed by atoms with E-state index in [1.54, 1.807) is 0 Å². The van der Waals surface area contributed by atoms with Crippen molar-refractivity contribution in [1.29, 1.82) is 0 Å². The van der Waals surface area contributed by atoms with Gasteiger partial charge in [0.25, 0.3) is 0 Å². The second-order valence-corrected chi connectivity index (χ2v) is 13.4. The maximum Gasteiger partial charge on any atom is 0.512 e. The van der Waals surface area contributed by atoms with E-state index in [2.05, 4.69) is 35.8 Å². The van der Waals surface area contributed by atoms with E-state index in [-0.39, 0.29) is 0 Å². The standard InChI is InChI=1S/C7H12N2.2C2HF6NO4S2/c1-3-4-9-6-5-8(2)7-9;2*3-1(4,5)14(10,11)9-15(12,13)2(6,7)8/h3,5-6H,1,4,7H2,2H3;2*9H. The van der Waals surface area contributed by atoms with E-state index in [0.717, 1.165) is 13.2 Å². The van der Waals surface area contributed by atoms with Crippen LogP contribution in [-0.4, -0.2) is 85.8 Å². The molecule has 0 aromatic rings. The lowest BCUT2D eigenvalue weighted by Gasteiger charge is -2.15. The first-order chi connectivity index (χ1) is 16.7. The number of hydrogen-bond acceptors (Lipinski definition) is 10. The minimum Gasteiger partial charge on any atom is -0.362 e. The summed E-state index contributed by atoms with van der Waals surface area (Å²) in [5, 5.41) is 0. The largest absolute Gasteiger partial charge is 0.512 e. The first-order valence-corrected chi connectivity index (χ1v) is 14.2. The molecule has 234 valence electrons. The third-order valence-corrected chi connectivity index (χ3v) is 8.91. The van der Waals surface area contributed by atoms with Crippen LogP contribution in [0.4, 0.5) is 52.7 Å². The molecule has 0 fully saturated rings. The SMILES string of the molecule is C=CCN1C=CN(C)C1.O=S(=O)(NS(=O)(=O)C(F)(F)F)C(F)(F)F.O=S(=O)(NS(=O)(=O)C(F)(F)F)C(F)(F)F. The van der Waals surface area contributed by atoms with Crippen LogP contribution >= 0.6 is 0 Å². The summed E-state index contributed by atoms with van der Waals surface area (Å²) < 4.78 is 217. The topological polar surface area (TPSA) is 167 Å². The van der Waals surface area contributed by atoms with E-state index in [9.17, 15) is 86.4 Å². The summed E-state index contributed by atoms with van der Waals surface area (Å²) in [6, 6.07) is 0. The van der Waals surface area contributed by atoms with Gasteiger partial charge in [-0.25, -0.2) is 33.7 Å². The molecular weight excluding hydrogens is 672 g/mol. The van der Waals surface area contributed by atoms with E-state index < -0.39 is 70.4 Å². The highest BCUT2D eigenvalue weighted by Crippen LogP contribution is 2.28. The van der Waals surface area contributed by atoms with Gasteiger partial charge in [-0.3, -0.25) is 0 Å². The van der Waals surface area contributed by atoms with Gasteiger partial charge in [-0.15, -0.1) is 6.58 Å². The molecule has 0 atom stereocenters. The smallest absolute Gasteiger partial charge is 0.362 e. The molecule has 0 unspecified atom stereocenters. The summed E-state index contributed by atoms with van der Waals surface area (Å²) in [5.41, 5.74) is -24.6. The Morgan fingerprint density at radius 3 is 1.05 bits per heavy atom. The van der Waals surface area contributed by atoms with E-state index in [0.29, 0.717) is 0 Å². The lowest BCUT2D eigenvalue weighted by atomic mass is 10.6. The highest BCUT2D eigenvalue weighted by Gasteiger charge is 2.56. The van der Waals surface area contributed by atoms with E-state index in [1.807, 2.05) is 6.08 Å². The lowest BCUT2D eigenvalue weighted by molar-refractivity contribution is -0.0487. The number of nitrogens with zero attached hydrogens (tertiary/aromatic N) is 2. The number of halogens is 12. The number of rotatable bonds is 6. The Bertz CT molecular complexity index is 1130. The second kappa shape index (κ2) is 12.6. The monoisotopic (exact) mass is 686 g/mol. The van der Waals surface area contributed by atoms with E-state index in [1.165, 1.54) is 0 Å². The van der Waals surface area contributed by atoms with Crippen molar-refractivity contribution in [2.24, 2.45) is 0 Å². The molecule has 1 aliphatic rings. The van der Waals surface area contributed by atoms with Crippen molar-refractivity contribution in [2.75, 3.05) is 20.3 Å². The molecule has 0 saturated carbocycles. The molecule has 0 saturated heterocycles. The molecule has 0 spiro atoms. The van der Waals surface area contributed by atoms with Crippen LogP contribution in [-0.2, 0) is 40.1 Å². The van der Waals surface area contributed by atoms with Crippen LogP contribution in [0.2, 0.25) is 0 Å². The van der Waals surface area contributed by atoms with Crippen molar-refractivity contribution < 1.29 is 86.4 Å². The van der Waals surface area contributed by atoms with Crippen LogP contribution in [0.3, 0.4) is 0 Å². The molecule has 0 aromatic heterocycles. The average molecular weight is 686 g/mol. The van der Waals surface area contributed by atoms with Crippen LogP contribution in [0.5, 0.6) is 0 Å². The Morgan fingerprint density at radius 1 is 0.641 bits per heavy atom. The maximum absolute atomic E-state index is 11.5. The zero-order valence-corrected chi connectivity index (χ0v) is 21.4. The van der Waals surface area contributed by atoms with Gasteiger partial charge in [-0.05, 0) is 0 Å². The fourth-order valence-corrected chi connectivity index (χ4v) is 5.17. The predicted molar refractivity (Wildman–Crippen MR) is 105 cm³/mol.